The first-order chi connectivity index (χ1) is 10.7. The second-order valence-corrected chi connectivity index (χ2v) is 5.37. The number of rotatable bonds is 5. The van der Waals surface area contributed by atoms with E-state index in [0.29, 0.717) is 18.1 Å². The highest BCUT2D eigenvalue weighted by Crippen LogP contribution is 2.21. The highest BCUT2D eigenvalue weighted by Gasteiger charge is 2.08. The van der Waals surface area contributed by atoms with Gasteiger partial charge in [0.15, 0.2) is 6.61 Å². The maximum Gasteiger partial charge on any atom is 0.231 e. The van der Waals surface area contributed by atoms with Crippen LogP contribution in [0.5, 0.6) is 5.75 Å². The molecule has 1 heterocycles. The van der Waals surface area contributed by atoms with E-state index in [4.69, 9.17) is 20.9 Å². The molecule has 0 atom stereocenters. The fraction of sp³-hybridized carbons (Fsp3) is 0.176. The van der Waals surface area contributed by atoms with Gasteiger partial charge in [0.05, 0.1) is 6.42 Å². The quantitative estimate of drug-likeness (QED) is 0.708. The second-order valence-electron chi connectivity index (χ2n) is 4.97. The van der Waals surface area contributed by atoms with Crippen LogP contribution in [0, 0.1) is 6.92 Å². The van der Waals surface area contributed by atoms with Crippen LogP contribution in [-0.4, -0.2) is 10.1 Å². The number of aryl methyl sites for hydroxylation is 1. The molecule has 0 unspecified atom stereocenters. The maximum absolute atomic E-state index is 5.98. The molecular weight excluding hydrogens is 300 g/mol. The number of halogens is 1. The Morgan fingerprint density at radius 1 is 1.14 bits per heavy atom. The standard InChI is InChI=1S/C17H15ClN2O2/c1-12-9-14(7-8-15(12)18)21-11-16-19-17(22-20-16)10-13-5-3-2-4-6-13/h2-9H,10-11H2,1H3. The summed E-state index contributed by atoms with van der Waals surface area (Å²) in [4.78, 5) is 4.33. The first-order valence-electron chi connectivity index (χ1n) is 6.95. The molecule has 3 aromatic rings. The van der Waals surface area contributed by atoms with E-state index in [2.05, 4.69) is 10.1 Å². The molecule has 0 amide bonds. The van der Waals surface area contributed by atoms with Crippen LogP contribution in [-0.2, 0) is 13.0 Å². The van der Waals surface area contributed by atoms with Crippen molar-refractivity contribution in [1.82, 2.24) is 10.1 Å². The zero-order valence-electron chi connectivity index (χ0n) is 12.1. The molecule has 0 saturated carbocycles. The molecule has 2 aromatic carbocycles. The van der Waals surface area contributed by atoms with Crippen molar-refractivity contribution in [2.24, 2.45) is 0 Å². The summed E-state index contributed by atoms with van der Waals surface area (Å²) in [6.45, 7) is 2.20. The second kappa shape index (κ2) is 6.62. The summed E-state index contributed by atoms with van der Waals surface area (Å²) in [5.41, 5.74) is 2.10. The highest BCUT2D eigenvalue weighted by atomic mass is 35.5. The molecule has 3 rings (SSSR count). The third-order valence-electron chi connectivity index (χ3n) is 3.21. The number of ether oxygens (including phenoxy) is 1. The van der Waals surface area contributed by atoms with Crippen LogP contribution in [0.2, 0.25) is 5.02 Å². The van der Waals surface area contributed by atoms with Gasteiger partial charge in [-0.1, -0.05) is 47.1 Å². The van der Waals surface area contributed by atoms with Crippen molar-refractivity contribution >= 4 is 11.6 Å². The SMILES string of the molecule is Cc1cc(OCc2noc(Cc3ccccc3)n2)ccc1Cl. The Morgan fingerprint density at radius 3 is 2.73 bits per heavy atom. The largest absolute Gasteiger partial charge is 0.485 e. The van der Waals surface area contributed by atoms with Crippen molar-refractivity contribution < 1.29 is 9.26 Å². The molecule has 0 spiro atoms. The van der Waals surface area contributed by atoms with Crippen molar-refractivity contribution in [3.8, 4) is 5.75 Å². The summed E-state index contributed by atoms with van der Waals surface area (Å²) in [5, 5.41) is 4.65. The first kappa shape index (κ1) is 14.6. The number of nitrogens with zero attached hydrogens (tertiary/aromatic N) is 2. The van der Waals surface area contributed by atoms with E-state index in [0.717, 1.165) is 21.9 Å². The molecule has 5 heteroatoms. The van der Waals surface area contributed by atoms with Gasteiger partial charge in [0.1, 0.15) is 5.75 Å². The summed E-state index contributed by atoms with van der Waals surface area (Å²) in [6.07, 6.45) is 0.619. The topological polar surface area (TPSA) is 48.2 Å². The lowest BCUT2D eigenvalue weighted by Crippen LogP contribution is -1.98. The van der Waals surface area contributed by atoms with Crippen LogP contribution >= 0.6 is 11.6 Å². The molecule has 0 N–H and O–H groups in total. The van der Waals surface area contributed by atoms with Gasteiger partial charge in [-0.25, -0.2) is 0 Å². The average Bonchev–Trinajstić information content (AvgIpc) is 2.97. The number of hydrogen-bond acceptors (Lipinski definition) is 4. The van der Waals surface area contributed by atoms with Crippen LogP contribution in [0.25, 0.3) is 0 Å². The fourth-order valence-corrected chi connectivity index (χ4v) is 2.16. The van der Waals surface area contributed by atoms with E-state index in [1.807, 2.05) is 55.5 Å². The first-order valence-corrected chi connectivity index (χ1v) is 7.33. The van der Waals surface area contributed by atoms with Gasteiger partial charge in [-0.3, -0.25) is 0 Å². The lowest BCUT2D eigenvalue weighted by Gasteiger charge is -2.05. The molecule has 0 saturated heterocycles. The predicted octanol–water partition coefficient (Wildman–Crippen LogP) is 4.20. The minimum absolute atomic E-state index is 0.263. The Labute approximate surface area is 133 Å². The maximum atomic E-state index is 5.98. The van der Waals surface area contributed by atoms with Crippen LogP contribution in [0.4, 0.5) is 0 Å². The molecule has 112 valence electrons. The van der Waals surface area contributed by atoms with Gasteiger partial charge in [-0.15, -0.1) is 0 Å². The third-order valence-corrected chi connectivity index (χ3v) is 3.63. The van der Waals surface area contributed by atoms with Gasteiger partial charge in [-0.2, -0.15) is 4.98 Å². The molecular formula is C17H15ClN2O2. The molecule has 0 fully saturated rings. The molecule has 1 aromatic heterocycles. The van der Waals surface area contributed by atoms with E-state index in [-0.39, 0.29) is 6.61 Å². The third kappa shape index (κ3) is 3.65. The van der Waals surface area contributed by atoms with Gasteiger partial charge in [-0.05, 0) is 36.2 Å². The van der Waals surface area contributed by atoms with Crippen LogP contribution in [0.3, 0.4) is 0 Å². The van der Waals surface area contributed by atoms with E-state index >= 15 is 0 Å². The molecule has 0 aliphatic rings. The van der Waals surface area contributed by atoms with E-state index in [9.17, 15) is 0 Å². The van der Waals surface area contributed by atoms with Gasteiger partial charge < -0.3 is 9.26 Å². The molecule has 0 aliphatic carbocycles. The summed E-state index contributed by atoms with van der Waals surface area (Å²) in [6, 6.07) is 15.5. The molecule has 0 bridgehead atoms. The minimum atomic E-state index is 0.263. The molecule has 0 aliphatic heterocycles. The monoisotopic (exact) mass is 314 g/mol. The lowest BCUT2D eigenvalue weighted by molar-refractivity contribution is 0.285. The van der Waals surface area contributed by atoms with Gasteiger partial charge in [0.25, 0.3) is 0 Å². The Kier molecular flexibility index (Phi) is 4.39. The van der Waals surface area contributed by atoms with Crippen LogP contribution in [0.15, 0.2) is 53.1 Å². The van der Waals surface area contributed by atoms with Crippen LogP contribution < -0.4 is 4.74 Å². The van der Waals surface area contributed by atoms with E-state index in [1.165, 1.54) is 0 Å². The van der Waals surface area contributed by atoms with E-state index < -0.39 is 0 Å². The number of aromatic nitrogens is 2. The fourth-order valence-electron chi connectivity index (χ4n) is 2.05. The van der Waals surface area contributed by atoms with Gasteiger partial charge in [0.2, 0.25) is 11.7 Å². The normalized spacial score (nSPS) is 10.6. The Balaban J connectivity index is 1.61. The Hall–Kier alpha value is -2.33. The molecule has 22 heavy (non-hydrogen) atoms. The van der Waals surface area contributed by atoms with E-state index in [1.54, 1.807) is 0 Å². The average molecular weight is 315 g/mol. The lowest BCUT2D eigenvalue weighted by atomic mass is 10.1. The highest BCUT2D eigenvalue weighted by molar-refractivity contribution is 6.31. The van der Waals surface area contributed by atoms with Gasteiger partial charge in [0, 0.05) is 5.02 Å². The zero-order chi connectivity index (χ0) is 15.4. The van der Waals surface area contributed by atoms with Crippen molar-refractivity contribution in [2.45, 2.75) is 20.0 Å². The molecule has 0 radical (unpaired) electrons. The predicted molar refractivity (Wildman–Crippen MR) is 84.1 cm³/mol. The summed E-state index contributed by atoms with van der Waals surface area (Å²) in [5.74, 6) is 1.84. The summed E-state index contributed by atoms with van der Waals surface area (Å²) >= 11 is 5.98. The van der Waals surface area contributed by atoms with Crippen molar-refractivity contribution in [2.75, 3.05) is 0 Å². The van der Waals surface area contributed by atoms with Crippen molar-refractivity contribution in [3.05, 3.63) is 76.4 Å². The Bertz CT molecular complexity index is 756. The smallest absolute Gasteiger partial charge is 0.231 e. The number of hydrogen-bond donors (Lipinski definition) is 0. The number of benzene rings is 2. The van der Waals surface area contributed by atoms with Gasteiger partial charge >= 0.3 is 0 Å². The van der Waals surface area contributed by atoms with Crippen LogP contribution in [0.1, 0.15) is 22.8 Å². The molecule has 4 nitrogen and oxygen atoms in total. The zero-order valence-corrected chi connectivity index (χ0v) is 12.9. The Morgan fingerprint density at radius 2 is 1.95 bits per heavy atom. The van der Waals surface area contributed by atoms with Crippen molar-refractivity contribution in [1.29, 1.82) is 0 Å². The van der Waals surface area contributed by atoms with Crippen molar-refractivity contribution in [3.63, 3.8) is 0 Å². The summed E-state index contributed by atoms with van der Waals surface area (Å²) in [7, 11) is 0. The summed E-state index contributed by atoms with van der Waals surface area (Å²) < 4.78 is 10.9. The minimum Gasteiger partial charge on any atom is -0.485 e.